The Morgan fingerprint density at radius 3 is 2.08 bits per heavy atom. The fraction of sp³-hybridized carbons (Fsp3) is 0.333. The van der Waals surface area contributed by atoms with E-state index in [0.29, 0.717) is 23.5 Å². The van der Waals surface area contributed by atoms with Crippen molar-refractivity contribution in [3.05, 3.63) is 90.0 Å². The fourth-order valence-electron chi connectivity index (χ4n) is 4.32. The second kappa shape index (κ2) is 10.5. The molecule has 6 nitrogen and oxygen atoms in total. The molecule has 194 valence electrons. The Labute approximate surface area is 219 Å². The summed E-state index contributed by atoms with van der Waals surface area (Å²) in [6, 6.07) is 23.2. The lowest BCUT2D eigenvalue weighted by molar-refractivity contribution is -0.115. The zero-order valence-corrected chi connectivity index (χ0v) is 22.7. The van der Waals surface area contributed by atoms with Crippen LogP contribution in [0.1, 0.15) is 56.5 Å². The second-order valence-corrected chi connectivity index (χ2v) is 12.7. The van der Waals surface area contributed by atoms with Crippen LogP contribution < -0.4 is 4.90 Å². The van der Waals surface area contributed by atoms with E-state index in [1.807, 2.05) is 56.0 Å². The van der Waals surface area contributed by atoms with E-state index in [2.05, 4.69) is 0 Å². The predicted octanol–water partition coefficient (Wildman–Crippen LogP) is 6.00. The minimum atomic E-state index is -3.35. The molecule has 0 N–H and O–H groups in total. The third-order valence-corrected chi connectivity index (χ3v) is 8.41. The van der Waals surface area contributed by atoms with E-state index >= 15 is 0 Å². The van der Waals surface area contributed by atoms with Crippen LogP contribution in [0.15, 0.2) is 83.8 Å². The number of amides is 2. The summed E-state index contributed by atoms with van der Waals surface area (Å²) in [7, 11) is -3.35. The van der Waals surface area contributed by atoms with Crippen LogP contribution in [0.2, 0.25) is 0 Å². The van der Waals surface area contributed by atoms with Crippen LogP contribution in [0.5, 0.6) is 0 Å². The Balaban J connectivity index is 1.62. The second-order valence-electron chi connectivity index (χ2n) is 10.7. The molecule has 7 heteroatoms. The molecule has 1 fully saturated rings. The first kappa shape index (κ1) is 26.6. The highest BCUT2D eigenvalue weighted by Crippen LogP contribution is 2.33. The zero-order chi connectivity index (χ0) is 26.8. The summed E-state index contributed by atoms with van der Waals surface area (Å²) in [6.07, 6.45) is 1.92. The van der Waals surface area contributed by atoms with Gasteiger partial charge in [-0.3, -0.25) is 14.5 Å². The molecule has 1 saturated carbocycles. The molecule has 2 amide bonds. The van der Waals surface area contributed by atoms with Crippen molar-refractivity contribution in [2.75, 3.05) is 10.7 Å². The van der Waals surface area contributed by atoms with Gasteiger partial charge in [0.2, 0.25) is 5.91 Å². The summed E-state index contributed by atoms with van der Waals surface area (Å²) < 4.78 is 25.3. The summed E-state index contributed by atoms with van der Waals surface area (Å²) >= 11 is 0. The third-order valence-electron chi connectivity index (χ3n) is 6.51. The van der Waals surface area contributed by atoms with E-state index < -0.39 is 15.4 Å². The number of hydrogen-bond acceptors (Lipinski definition) is 4. The van der Waals surface area contributed by atoms with Crippen LogP contribution in [0.3, 0.4) is 0 Å². The minimum Gasteiger partial charge on any atom is -0.329 e. The Kier molecular flexibility index (Phi) is 7.55. The first-order valence-electron chi connectivity index (χ1n) is 12.6. The van der Waals surface area contributed by atoms with Crippen molar-refractivity contribution >= 4 is 33.0 Å². The molecule has 0 unspecified atom stereocenters. The van der Waals surface area contributed by atoms with E-state index in [-0.39, 0.29) is 28.4 Å². The number of carbonyl (C=O) groups excluding carboxylic acids is 2. The van der Waals surface area contributed by atoms with Crippen molar-refractivity contribution in [1.29, 1.82) is 0 Å². The summed E-state index contributed by atoms with van der Waals surface area (Å²) in [5.41, 5.74) is 2.16. The van der Waals surface area contributed by atoms with Gasteiger partial charge >= 0.3 is 0 Å². The molecule has 0 atom stereocenters. The lowest BCUT2D eigenvalue weighted by atomic mass is 10.0. The molecule has 0 spiro atoms. The summed E-state index contributed by atoms with van der Waals surface area (Å²) in [5.74, 6) is 0.0480. The summed E-state index contributed by atoms with van der Waals surface area (Å²) in [5, 5.41) is 0. The average molecular weight is 519 g/mol. The van der Waals surface area contributed by atoms with Gasteiger partial charge in [0.15, 0.2) is 9.84 Å². The SMILES string of the molecule is CC(=O)N(c1ccc(S(=O)(=O)CC2CC2)cc1)c1cccc(C(=O)N(Cc2ccccc2)C(C)(C)C)c1. The van der Waals surface area contributed by atoms with E-state index in [1.54, 1.807) is 48.5 Å². The highest BCUT2D eigenvalue weighted by atomic mass is 32.2. The molecule has 0 radical (unpaired) electrons. The van der Waals surface area contributed by atoms with Crippen molar-refractivity contribution in [2.24, 2.45) is 5.92 Å². The van der Waals surface area contributed by atoms with Crippen molar-refractivity contribution in [3.63, 3.8) is 0 Å². The molecule has 37 heavy (non-hydrogen) atoms. The lowest BCUT2D eigenvalue weighted by Gasteiger charge is -2.36. The van der Waals surface area contributed by atoms with E-state index in [0.717, 1.165) is 18.4 Å². The molecule has 1 aliphatic carbocycles. The topological polar surface area (TPSA) is 74.8 Å². The zero-order valence-electron chi connectivity index (χ0n) is 21.8. The van der Waals surface area contributed by atoms with Crippen LogP contribution in [0.25, 0.3) is 0 Å². The van der Waals surface area contributed by atoms with E-state index in [4.69, 9.17) is 0 Å². The molecule has 0 aliphatic heterocycles. The summed E-state index contributed by atoms with van der Waals surface area (Å²) in [6.45, 7) is 7.90. The number of nitrogens with zero attached hydrogens (tertiary/aromatic N) is 2. The standard InChI is InChI=1S/C30H34N2O4S/c1-22(33)32(26-15-17-28(18-16-26)37(35,36)21-24-13-14-24)27-12-8-11-25(19-27)29(34)31(30(2,3)4)20-23-9-6-5-7-10-23/h5-12,15-19,24H,13-14,20-21H2,1-4H3. The van der Waals surface area contributed by atoms with Crippen molar-refractivity contribution < 1.29 is 18.0 Å². The maximum absolute atomic E-state index is 13.7. The Morgan fingerprint density at radius 1 is 0.865 bits per heavy atom. The number of benzene rings is 3. The number of carbonyl (C=O) groups is 2. The van der Waals surface area contributed by atoms with Crippen molar-refractivity contribution in [3.8, 4) is 0 Å². The van der Waals surface area contributed by atoms with Gasteiger partial charge in [-0.1, -0.05) is 36.4 Å². The molecule has 0 aromatic heterocycles. The van der Waals surface area contributed by atoms with Gasteiger partial charge in [0.1, 0.15) is 0 Å². The molecule has 0 heterocycles. The van der Waals surface area contributed by atoms with E-state index in [9.17, 15) is 18.0 Å². The van der Waals surface area contributed by atoms with Crippen molar-refractivity contribution in [1.82, 2.24) is 4.90 Å². The van der Waals surface area contributed by atoms with Gasteiger partial charge in [-0.15, -0.1) is 0 Å². The van der Waals surface area contributed by atoms with Gasteiger partial charge in [0.25, 0.3) is 5.91 Å². The first-order chi connectivity index (χ1) is 17.5. The number of rotatable bonds is 8. The van der Waals surface area contributed by atoms with Crippen LogP contribution in [-0.4, -0.2) is 36.4 Å². The number of hydrogen-bond donors (Lipinski definition) is 0. The smallest absolute Gasteiger partial charge is 0.254 e. The Bertz CT molecular complexity index is 1370. The molecular weight excluding hydrogens is 484 g/mol. The highest BCUT2D eigenvalue weighted by Gasteiger charge is 2.30. The van der Waals surface area contributed by atoms with Crippen LogP contribution in [0, 0.1) is 5.92 Å². The van der Waals surface area contributed by atoms with Gasteiger partial charge in [-0.2, -0.15) is 0 Å². The van der Waals surface area contributed by atoms with Crippen molar-refractivity contribution in [2.45, 2.75) is 57.5 Å². The minimum absolute atomic E-state index is 0.136. The molecule has 4 rings (SSSR count). The van der Waals surface area contributed by atoms with Gasteiger partial charge in [0.05, 0.1) is 10.6 Å². The fourth-order valence-corrected chi connectivity index (χ4v) is 6.02. The largest absolute Gasteiger partial charge is 0.329 e. The van der Waals surface area contributed by atoms with Gasteiger partial charge in [0, 0.05) is 35.9 Å². The average Bonchev–Trinajstić information content (AvgIpc) is 3.66. The van der Waals surface area contributed by atoms with Crippen LogP contribution >= 0.6 is 0 Å². The Morgan fingerprint density at radius 2 is 1.51 bits per heavy atom. The number of anilines is 2. The van der Waals surface area contributed by atoms with Gasteiger partial charge in [-0.05, 0) is 87.6 Å². The first-order valence-corrected chi connectivity index (χ1v) is 14.2. The van der Waals surface area contributed by atoms with Gasteiger partial charge in [-0.25, -0.2) is 8.42 Å². The molecule has 0 bridgehead atoms. The predicted molar refractivity (Wildman–Crippen MR) is 147 cm³/mol. The quantitative estimate of drug-likeness (QED) is 0.367. The number of sulfone groups is 1. The summed E-state index contributed by atoms with van der Waals surface area (Å²) in [4.78, 5) is 30.0. The highest BCUT2D eigenvalue weighted by molar-refractivity contribution is 7.91. The van der Waals surface area contributed by atoms with E-state index in [1.165, 1.54) is 11.8 Å². The maximum Gasteiger partial charge on any atom is 0.254 e. The molecule has 1 aliphatic rings. The molecule has 3 aromatic rings. The lowest BCUT2D eigenvalue weighted by Crippen LogP contribution is -2.45. The Hall–Kier alpha value is -3.45. The third kappa shape index (κ3) is 6.46. The molecular formula is C30H34N2O4S. The molecule has 3 aromatic carbocycles. The normalized spacial score (nSPS) is 13.7. The molecule has 0 saturated heterocycles. The maximum atomic E-state index is 13.7. The van der Waals surface area contributed by atoms with Gasteiger partial charge < -0.3 is 4.90 Å². The monoisotopic (exact) mass is 518 g/mol. The van der Waals surface area contributed by atoms with Crippen LogP contribution in [0.4, 0.5) is 11.4 Å². The van der Waals surface area contributed by atoms with Crippen LogP contribution in [-0.2, 0) is 21.2 Å².